The zero-order valence-corrected chi connectivity index (χ0v) is 7.88. The number of aromatic nitrogens is 2. The van der Waals surface area contributed by atoms with Gasteiger partial charge in [-0.25, -0.2) is 0 Å². The molecule has 0 saturated heterocycles. The van der Waals surface area contributed by atoms with Crippen LogP contribution in [0.15, 0.2) is 24.4 Å². The highest BCUT2D eigenvalue weighted by atomic mass is 16.3. The van der Waals surface area contributed by atoms with Gasteiger partial charge in [-0.1, -0.05) is 12.1 Å². The van der Waals surface area contributed by atoms with Gasteiger partial charge in [0.15, 0.2) is 0 Å². The molecule has 4 nitrogen and oxygen atoms in total. The van der Waals surface area contributed by atoms with Gasteiger partial charge in [0.2, 0.25) is 0 Å². The Hall–Kier alpha value is -1.39. The van der Waals surface area contributed by atoms with Crippen LogP contribution in [0.1, 0.15) is 11.7 Å². The summed E-state index contributed by atoms with van der Waals surface area (Å²) < 4.78 is 1.74. The van der Waals surface area contributed by atoms with E-state index in [4.69, 9.17) is 5.11 Å². The first kappa shape index (κ1) is 9.18. The molecule has 0 spiro atoms. The lowest BCUT2D eigenvalue weighted by Gasteiger charge is -2.07. The molecule has 1 aromatic carbocycles. The highest BCUT2D eigenvalue weighted by Gasteiger charge is 2.07. The van der Waals surface area contributed by atoms with Crippen molar-refractivity contribution in [3.05, 3.63) is 30.0 Å². The number of fused-ring (bicyclic) bond motifs is 1. The molecule has 0 aliphatic heterocycles. The van der Waals surface area contributed by atoms with Crippen LogP contribution in [-0.2, 0) is 7.05 Å². The topological polar surface area (TPSA) is 58.3 Å². The number of hydrogen-bond acceptors (Lipinski definition) is 3. The van der Waals surface area contributed by atoms with Crippen LogP contribution in [0.4, 0.5) is 0 Å². The van der Waals surface area contributed by atoms with Crippen molar-refractivity contribution >= 4 is 10.9 Å². The lowest BCUT2D eigenvalue weighted by atomic mass is 10.1. The SMILES string of the molecule is Cn1ncc2ccc([C@H](O)CO)cc21. The molecule has 0 radical (unpaired) electrons. The first-order valence-corrected chi connectivity index (χ1v) is 4.43. The molecule has 2 aromatic rings. The molecular formula is C10H12N2O2. The zero-order valence-electron chi connectivity index (χ0n) is 7.88. The third kappa shape index (κ3) is 1.38. The van der Waals surface area contributed by atoms with E-state index in [1.807, 2.05) is 19.2 Å². The molecule has 4 heteroatoms. The number of rotatable bonds is 2. The van der Waals surface area contributed by atoms with Crippen LogP contribution in [-0.4, -0.2) is 26.6 Å². The van der Waals surface area contributed by atoms with Crippen molar-refractivity contribution in [2.75, 3.05) is 6.61 Å². The molecule has 0 bridgehead atoms. The molecule has 0 aliphatic carbocycles. The standard InChI is InChI=1S/C10H12N2O2/c1-12-9-4-7(10(14)6-13)2-3-8(9)5-11-12/h2-5,10,13-14H,6H2,1H3/t10-/m1/s1. The monoisotopic (exact) mass is 192 g/mol. The Morgan fingerprint density at radius 1 is 1.50 bits per heavy atom. The fourth-order valence-corrected chi connectivity index (χ4v) is 1.47. The maximum atomic E-state index is 9.44. The molecule has 0 fully saturated rings. The third-order valence-corrected chi connectivity index (χ3v) is 2.33. The molecule has 14 heavy (non-hydrogen) atoms. The number of aryl methyl sites for hydroxylation is 1. The Balaban J connectivity index is 2.54. The van der Waals surface area contributed by atoms with E-state index in [-0.39, 0.29) is 6.61 Å². The van der Waals surface area contributed by atoms with Crippen molar-refractivity contribution < 1.29 is 10.2 Å². The minimum Gasteiger partial charge on any atom is -0.393 e. The fraction of sp³-hybridized carbons (Fsp3) is 0.300. The van der Waals surface area contributed by atoms with Crippen LogP contribution in [0.3, 0.4) is 0 Å². The molecule has 0 saturated carbocycles. The van der Waals surface area contributed by atoms with Crippen molar-refractivity contribution in [3.8, 4) is 0 Å². The van der Waals surface area contributed by atoms with E-state index in [0.717, 1.165) is 10.9 Å². The molecule has 0 amide bonds. The lowest BCUT2D eigenvalue weighted by molar-refractivity contribution is 0.0957. The van der Waals surface area contributed by atoms with Gasteiger partial charge >= 0.3 is 0 Å². The van der Waals surface area contributed by atoms with Crippen LogP contribution < -0.4 is 0 Å². The molecule has 2 rings (SSSR count). The minimum absolute atomic E-state index is 0.261. The summed E-state index contributed by atoms with van der Waals surface area (Å²) in [5, 5.41) is 23.4. The van der Waals surface area contributed by atoms with Crippen molar-refractivity contribution in [1.82, 2.24) is 9.78 Å². The van der Waals surface area contributed by atoms with E-state index in [1.165, 1.54) is 0 Å². The van der Waals surface area contributed by atoms with E-state index >= 15 is 0 Å². The van der Waals surface area contributed by atoms with Crippen molar-refractivity contribution in [2.24, 2.45) is 7.05 Å². The van der Waals surface area contributed by atoms with Crippen LogP contribution in [0, 0.1) is 0 Å². The van der Waals surface area contributed by atoms with Crippen molar-refractivity contribution in [2.45, 2.75) is 6.10 Å². The van der Waals surface area contributed by atoms with Crippen LogP contribution in [0.5, 0.6) is 0 Å². The second-order valence-electron chi connectivity index (χ2n) is 3.28. The van der Waals surface area contributed by atoms with Gasteiger partial charge in [0, 0.05) is 12.4 Å². The first-order valence-electron chi connectivity index (χ1n) is 4.43. The number of hydrogen-bond donors (Lipinski definition) is 2. The maximum absolute atomic E-state index is 9.44. The summed E-state index contributed by atoms with van der Waals surface area (Å²) in [5.74, 6) is 0. The van der Waals surface area contributed by atoms with E-state index in [9.17, 15) is 5.11 Å². The summed E-state index contributed by atoms with van der Waals surface area (Å²) in [6.45, 7) is -0.261. The second kappa shape index (κ2) is 3.40. The predicted octanol–water partition coefficient (Wildman–Crippen LogP) is 0.599. The summed E-state index contributed by atoms with van der Waals surface area (Å²) in [6, 6.07) is 5.52. The van der Waals surface area contributed by atoms with E-state index in [1.54, 1.807) is 16.9 Å². The Morgan fingerprint density at radius 2 is 2.29 bits per heavy atom. The Kier molecular flexibility index (Phi) is 2.23. The highest BCUT2D eigenvalue weighted by Crippen LogP contribution is 2.19. The average molecular weight is 192 g/mol. The molecule has 1 aromatic heterocycles. The minimum atomic E-state index is -0.811. The van der Waals surface area contributed by atoms with E-state index < -0.39 is 6.10 Å². The largest absolute Gasteiger partial charge is 0.393 e. The summed E-state index contributed by atoms with van der Waals surface area (Å²) >= 11 is 0. The van der Waals surface area contributed by atoms with Gasteiger partial charge in [0.05, 0.1) is 18.3 Å². The Labute approximate surface area is 81.4 Å². The summed E-state index contributed by atoms with van der Waals surface area (Å²) in [4.78, 5) is 0. The van der Waals surface area contributed by atoms with Gasteiger partial charge < -0.3 is 10.2 Å². The molecule has 1 heterocycles. The quantitative estimate of drug-likeness (QED) is 0.732. The van der Waals surface area contributed by atoms with Gasteiger partial charge in [-0.15, -0.1) is 0 Å². The number of nitrogens with zero attached hydrogens (tertiary/aromatic N) is 2. The predicted molar refractivity (Wildman–Crippen MR) is 52.8 cm³/mol. The summed E-state index contributed by atoms with van der Waals surface area (Å²) in [7, 11) is 1.84. The van der Waals surface area contributed by atoms with Gasteiger partial charge in [-0.2, -0.15) is 5.10 Å². The Morgan fingerprint density at radius 3 is 3.00 bits per heavy atom. The lowest BCUT2D eigenvalue weighted by Crippen LogP contribution is -2.02. The fourth-order valence-electron chi connectivity index (χ4n) is 1.47. The van der Waals surface area contributed by atoms with E-state index in [0.29, 0.717) is 5.56 Å². The normalized spacial score (nSPS) is 13.4. The van der Waals surface area contributed by atoms with Gasteiger partial charge in [-0.05, 0) is 11.6 Å². The van der Waals surface area contributed by atoms with Crippen LogP contribution >= 0.6 is 0 Å². The van der Waals surface area contributed by atoms with Crippen LogP contribution in [0.25, 0.3) is 10.9 Å². The van der Waals surface area contributed by atoms with Crippen molar-refractivity contribution in [3.63, 3.8) is 0 Å². The molecule has 74 valence electrons. The van der Waals surface area contributed by atoms with Gasteiger partial charge in [0.25, 0.3) is 0 Å². The maximum Gasteiger partial charge on any atom is 0.102 e. The first-order chi connectivity index (χ1) is 6.72. The molecule has 2 N–H and O–H groups in total. The average Bonchev–Trinajstić information content (AvgIpc) is 2.59. The van der Waals surface area contributed by atoms with Crippen LogP contribution in [0.2, 0.25) is 0 Å². The molecule has 1 atom stereocenters. The van der Waals surface area contributed by atoms with E-state index in [2.05, 4.69) is 5.10 Å². The van der Waals surface area contributed by atoms with Gasteiger partial charge in [0.1, 0.15) is 6.10 Å². The summed E-state index contributed by atoms with van der Waals surface area (Å²) in [6.07, 6.45) is 0.957. The molecule has 0 unspecified atom stereocenters. The number of aliphatic hydroxyl groups is 2. The third-order valence-electron chi connectivity index (χ3n) is 2.33. The van der Waals surface area contributed by atoms with Crippen molar-refractivity contribution in [1.29, 1.82) is 0 Å². The Bertz CT molecular complexity index is 450. The second-order valence-corrected chi connectivity index (χ2v) is 3.28. The smallest absolute Gasteiger partial charge is 0.102 e. The molecule has 0 aliphatic rings. The number of aliphatic hydroxyl groups excluding tert-OH is 2. The van der Waals surface area contributed by atoms with Gasteiger partial charge in [-0.3, -0.25) is 4.68 Å². The number of benzene rings is 1. The summed E-state index contributed by atoms with van der Waals surface area (Å²) in [5.41, 5.74) is 1.67. The highest BCUT2D eigenvalue weighted by molar-refractivity contribution is 5.79. The molecular weight excluding hydrogens is 180 g/mol. The zero-order chi connectivity index (χ0) is 10.1.